The largest absolute Gasteiger partial charge is 0.489 e. The molecule has 1 heterocycles. The third-order valence-corrected chi connectivity index (χ3v) is 5.56. The lowest BCUT2D eigenvalue weighted by Crippen LogP contribution is -2.40. The highest BCUT2D eigenvalue weighted by Crippen LogP contribution is 2.27. The Bertz CT molecular complexity index is 1170. The Labute approximate surface area is 194 Å². The molecule has 0 aliphatic carbocycles. The van der Waals surface area contributed by atoms with Crippen LogP contribution in [0.2, 0.25) is 0 Å². The lowest BCUT2D eigenvalue weighted by atomic mass is 10.1. The Morgan fingerprint density at radius 1 is 1.00 bits per heavy atom. The molecule has 5 nitrogen and oxygen atoms in total. The Morgan fingerprint density at radius 2 is 1.73 bits per heavy atom. The molecule has 4 aromatic rings. The van der Waals surface area contributed by atoms with Crippen LogP contribution in [0.25, 0.3) is 10.9 Å². The van der Waals surface area contributed by atoms with E-state index in [9.17, 15) is 4.79 Å². The number of esters is 1. The number of nitrogens with one attached hydrogen (secondary N) is 2. The van der Waals surface area contributed by atoms with Crippen LogP contribution in [0.3, 0.4) is 0 Å². The number of benzene rings is 3. The smallest absolute Gasteiger partial charge is 0.338 e. The van der Waals surface area contributed by atoms with Gasteiger partial charge in [-0.3, -0.25) is 0 Å². The van der Waals surface area contributed by atoms with Gasteiger partial charge in [0.25, 0.3) is 0 Å². The van der Waals surface area contributed by atoms with Crippen LogP contribution in [0.1, 0.15) is 28.4 Å². The minimum absolute atomic E-state index is 0.223. The van der Waals surface area contributed by atoms with E-state index in [-0.39, 0.29) is 18.6 Å². The molecule has 33 heavy (non-hydrogen) atoms. The molecule has 0 saturated heterocycles. The highest BCUT2D eigenvalue weighted by atomic mass is 16.6. The Kier molecular flexibility index (Phi) is 7.43. The standard InChI is InChI=1S/C28H30N2O3/c1-20-15-26-25(13-14-29-26)27(16-20)32-19-24(33-28(31)23-11-7-4-8-12-23)18-30-21(2)17-22-9-5-3-6-10-22/h3-16,21,24,29-30H,17-19H2,1-2H3. The summed E-state index contributed by atoms with van der Waals surface area (Å²) >= 11 is 0. The van der Waals surface area contributed by atoms with E-state index in [4.69, 9.17) is 9.47 Å². The predicted octanol–water partition coefficient (Wildman–Crippen LogP) is 5.30. The van der Waals surface area contributed by atoms with Crippen molar-refractivity contribution >= 4 is 16.9 Å². The summed E-state index contributed by atoms with van der Waals surface area (Å²) in [4.78, 5) is 15.9. The van der Waals surface area contributed by atoms with E-state index < -0.39 is 6.10 Å². The number of aromatic amines is 1. The predicted molar refractivity (Wildman–Crippen MR) is 132 cm³/mol. The minimum atomic E-state index is -0.439. The van der Waals surface area contributed by atoms with E-state index in [1.807, 2.05) is 61.7 Å². The number of carbonyl (C=O) groups excluding carboxylic acids is 1. The summed E-state index contributed by atoms with van der Waals surface area (Å²) in [5.41, 5.74) is 3.93. The number of fused-ring (bicyclic) bond motifs is 1. The van der Waals surface area contributed by atoms with Crippen molar-refractivity contribution in [3.63, 3.8) is 0 Å². The number of aryl methyl sites for hydroxylation is 1. The van der Waals surface area contributed by atoms with Crippen molar-refractivity contribution in [3.8, 4) is 5.75 Å². The maximum atomic E-state index is 12.7. The quantitative estimate of drug-likeness (QED) is 0.327. The lowest BCUT2D eigenvalue weighted by molar-refractivity contribution is 0.0173. The van der Waals surface area contributed by atoms with Crippen LogP contribution in [0.15, 0.2) is 85.1 Å². The summed E-state index contributed by atoms with van der Waals surface area (Å²) in [5, 5.41) is 4.52. The molecule has 2 atom stereocenters. The number of hydrogen-bond donors (Lipinski definition) is 2. The molecule has 0 bridgehead atoms. The normalized spacial score (nSPS) is 12.9. The average Bonchev–Trinajstić information content (AvgIpc) is 3.30. The number of H-pyrrole nitrogens is 1. The van der Waals surface area contributed by atoms with E-state index in [0.717, 1.165) is 28.6 Å². The zero-order valence-electron chi connectivity index (χ0n) is 19.1. The fraction of sp³-hybridized carbons (Fsp3) is 0.250. The van der Waals surface area contributed by atoms with Gasteiger partial charge >= 0.3 is 5.97 Å². The Morgan fingerprint density at radius 3 is 2.48 bits per heavy atom. The first-order valence-electron chi connectivity index (χ1n) is 11.3. The molecule has 5 heteroatoms. The molecule has 0 radical (unpaired) electrons. The van der Waals surface area contributed by atoms with Gasteiger partial charge in [-0.25, -0.2) is 4.79 Å². The third kappa shape index (κ3) is 6.24. The van der Waals surface area contributed by atoms with Crippen molar-refractivity contribution in [1.29, 1.82) is 0 Å². The van der Waals surface area contributed by atoms with Crippen LogP contribution in [-0.2, 0) is 11.2 Å². The van der Waals surface area contributed by atoms with Crippen LogP contribution >= 0.6 is 0 Å². The monoisotopic (exact) mass is 442 g/mol. The first-order valence-corrected chi connectivity index (χ1v) is 11.3. The molecule has 0 saturated carbocycles. The molecular formula is C28H30N2O3. The molecule has 1 aromatic heterocycles. The molecule has 0 spiro atoms. The van der Waals surface area contributed by atoms with E-state index in [2.05, 4.69) is 35.4 Å². The first kappa shape index (κ1) is 22.6. The lowest BCUT2D eigenvalue weighted by Gasteiger charge is -2.22. The van der Waals surface area contributed by atoms with Crippen molar-refractivity contribution < 1.29 is 14.3 Å². The van der Waals surface area contributed by atoms with Gasteiger partial charge in [0.2, 0.25) is 0 Å². The molecule has 0 fully saturated rings. The van der Waals surface area contributed by atoms with Gasteiger partial charge < -0.3 is 19.8 Å². The van der Waals surface area contributed by atoms with E-state index in [1.165, 1.54) is 5.56 Å². The topological polar surface area (TPSA) is 63.4 Å². The maximum Gasteiger partial charge on any atom is 0.338 e. The van der Waals surface area contributed by atoms with Crippen molar-refractivity contribution in [2.24, 2.45) is 0 Å². The summed E-state index contributed by atoms with van der Waals surface area (Å²) in [6, 6.07) is 25.7. The molecule has 0 amide bonds. The summed E-state index contributed by atoms with van der Waals surface area (Å²) in [5.74, 6) is 0.432. The molecule has 4 rings (SSSR count). The van der Waals surface area contributed by atoms with Gasteiger partial charge in [-0.15, -0.1) is 0 Å². The fourth-order valence-corrected chi connectivity index (χ4v) is 3.87. The van der Waals surface area contributed by atoms with Crippen LogP contribution in [0.5, 0.6) is 5.75 Å². The van der Waals surface area contributed by atoms with Gasteiger partial charge in [-0.2, -0.15) is 0 Å². The second-order valence-electron chi connectivity index (χ2n) is 8.41. The van der Waals surface area contributed by atoms with E-state index in [1.54, 1.807) is 12.1 Å². The van der Waals surface area contributed by atoms with Crippen LogP contribution < -0.4 is 10.1 Å². The Balaban J connectivity index is 1.43. The van der Waals surface area contributed by atoms with Gasteiger partial charge in [-0.05, 0) is 61.7 Å². The summed E-state index contributed by atoms with van der Waals surface area (Å²) in [6.07, 6.45) is 2.35. The number of rotatable bonds is 10. The third-order valence-electron chi connectivity index (χ3n) is 5.56. The van der Waals surface area contributed by atoms with Crippen molar-refractivity contribution in [2.45, 2.75) is 32.4 Å². The van der Waals surface area contributed by atoms with E-state index >= 15 is 0 Å². The second kappa shape index (κ2) is 10.8. The molecule has 2 unspecified atom stereocenters. The van der Waals surface area contributed by atoms with Crippen molar-refractivity contribution in [3.05, 3.63) is 102 Å². The van der Waals surface area contributed by atoms with Crippen molar-refractivity contribution in [2.75, 3.05) is 13.2 Å². The second-order valence-corrected chi connectivity index (χ2v) is 8.41. The van der Waals surface area contributed by atoms with Crippen LogP contribution in [0, 0.1) is 6.92 Å². The van der Waals surface area contributed by atoms with Gasteiger partial charge in [0, 0.05) is 29.7 Å². The molecular weight excluding hydrogens is 412 g/mol. The molecule has 0 aliphatic rings. The number of carbonyl (C=O) groups is 1. The van der Waals surface area contributed by atoms with Crippen LogP contribution in [-0.4, -0.2) is 36.3 Å². The minimum Gasteiger partial charge on any atom is -0.489 e. The van der Waals surface area contributed by atoms with Gasteiger partial charge in [-0.1, -0.05) is 48.5 Å². The first-order chi connectivity index (χ1) is 16.1. The average molecular weight is 443 g/mol. The Hall–Kier alpha value is -3.57. The highest BCUT2D eigenvalue weighted by Gasteiger charge is 2.19. The SMILES string of the molecule is Cc1cc(OCC(CNC(C)Cc2ccccc2)OC(=O)c2ccccc2)c2cc[nH]c2c1. The van der Waals surface area contributed by atoms with Gasteiger partial charge in [0.1, 0.15) is 18.5 Å². The molecule has 3 aromatic carbocycles. The molecule has 170 valence electrons. The summed E-state index contributed by atoms with van der Waals surface area (Å²) < 4.78 is 12.0. The van der Waals surface area contributed by atoms with Gasteiger partial charge in [0.05, 0.1) is 5.56 Å². The number of ether oxygens (including phenoxy) is 2. The van der Waals surface area contributed by atoms with Gasteiger partial charge in [0.15, 0.2) is 0 Å². The van der Waals surface area contributed by atoms with Crippen molar-refractivity contribution in [1.82, 2.24) is 10.3 Å². The number of aromatic nitrogens is 1. The van der Waals surface area contributed by atoms with Crippen LogP contribution in [0.4, 0.5) is 0 Å². The molecule has 2 N–H and O–H groups in total. The highest BCUT2D eigenvalue weighted by molar-refractivity contribution is 5.89. The zero-order valence-corrected chi connectivity index (χ0v) is 19.1. The summed E-state index contributed by atoms with van der Waals surface area (Å²) in [6.45, 7) is 4.92. The fourth-order valence-electron chi connectivity index (χ4n) is 3.87. The van der Waals surface area contributed by atoms with E-state index in [0.29, 0.717) is 12.1 Å². The molecule has 0 aliphatic heterocycles. The summed E-state index contributed by atoms with van der Waals surface area (Å²) in [7, 11) is 0. The zero-order chi connectivity index (χ0) is 23.0. The maximum absolute atomic E-state index is 12.7. The number of hydrogen-bond acceptors (Lipinski definition) is 4.